The summed E-state index contributed by atoms with van der Waals surface area (Å²) in [5, 5.41) is 0. The van der Waals surface area contributed by atoms with Crippen molar-refractivity contribution in [1.82, 2.24) is 4.90 Å². The molecule has 0 spiro atoms. The van der Waals surface area contributed by atoms with E-state index in [2.05, 4.69) is 25.9 Å². The summed E-state index contributed by atoms with van der Waals surface area (Å²) in [6.07, 6.45) is 2.17. The summed E-state index contributed by atoms with van der Waals surface area (Å²) >= 11 is 0. The van der Waals surface area contributed by atoms with Crippen molar-refractivity contribution in [2.45, 2.75) is 46.0 Å². The lowest BCUT2D eigenvalue weighted by molar-refractivity contribution is -0.139. The maximum atomic E-state index is 11.6. The van der Waals surface area contributed by atoms with E-state index in [1.807, 2.05) is 32.9 Å². The van der Waals surface area contributed by atoms with E-state index in [1.54, 1.807) is 0 Å². The van der Waals surface area contributed by atoms with E-state index < -0.39 is 0 Å². The summed E-state index contributed by atoms with van der Waals surface area (Å²) in [7, 11) is 4.28. The van der Waals surface area contributed by atoms with Gasteiger partial charge in [-0.05, 0) is 62.9 Å². The Morgan fingerprint density at radius 1 is 1.32 bits per heavy atom. The molecule has 0 amide bonds. The first-order chi connectivity index (χ1) is 11.9. The van der Waals surface area contributed by atoms with Crippen LogP contribution in [0.15, 0.2) is 29.5 Å². The standard InChI is InChI=1S/C19H28BNO4/c1-5-6-19(22)25-14(3)13(2)11-21(4)18(20)10-15-7-8-16-17(9-15)24-12-23-16/h7-9,18H,5-6,10-12,20H2,1-4H3/b14-13+. The van der Waals surface area contributed by atoms with Gasteiger partial charge in [-0.2, -0.15) is 0 Å². The van der Waals surface area contributed by atoms with Crippen LogP contribution in [0.1, 0.15) is 39.2 Å². The number of fused-ring (bicyclic) bond motifs is 1. The molecule has 0 N–H and O–H groups in total. The molecule has 0 bridgehead atoms. The number of rotatable bonds is 8. The Labute approximate surface area is 151 Å². The molecule has 0 saturated carbocycles. The number of carbonyl (C=O) groups excluding carboxylic acids is 1. The molecule has 1 heterocycles. The first-order valence-corrected chi connectivity index (χ1v) is 8.86. The van der Waals surface area contributed by atoms with Gasteiger partial charge >= 0.3 is 5.97 Å². The molecule has 1 aliphatic rings. The molecule has 1 aromatic rings. The molecular formula is C19H28BNO4. The van der Waals surface area contributed by atoms with Crippen LogP contribution in [0.2, 0.25) is 0 Å². The number of hydrogen-bond donors (Lipinski definition) is 0. The Morgan fingerprint density at radius 2 is 2.04 bits per heavy atom. The molecule has 0 saturated heterocycles. The monoisotopic (exact) mass is 345 g/mol. The summed E-state index contributed by atoms with van der Waals surface area (Å²) in [6.45, 7) is 6.90. The fourth-order valence-electron chi connectivity index (χ4n) is 2.72. The fourth-order valence-corrected chi connectivity index (χ4v) is 2.72. The third kappa shape index (κ3) is 5.53. The van der Waals surface area contributed by atoms with E-state index in [1.165, 1.54) is 5.56 Å². The van der Waals surface area contributed by atoms with Crippen molar-refractivity contribution in [3.05, 3.63) is 35.1 Å². The van der Waals surface area contributed by atoms with E-state index >= 15 is 0 Å². The van der Waals surface area contributed by atoms with Crippen LogP contribution in [0, 0.1) is 0 Å². The van der Waals surface area contributed by atoms with E-state index in [4.69, 9.17) is 14.2 Å². The highest BCUT2D eigenvalue weighted by atomic mass is 16.7. The number of carbonyl (C=O) groups is 1. The van der Waals surface area contributed by atoms with Crippen LogP contribution in [-0.4, -0.2) is 45.0 Å². The molecule has 0 radical (unpaired) electrons. The van der Waals surface area contributed by atoms with Crippen LogP contribution in [0.5, 0.6) is 11.5 Å². The molecule has 1 unspecified atom stereocenters. The Morgan fingerprint density at radius 3 is 2.76 bits per heavy atom. The van der Waals surface area contributed by atoms with Gasteiger partial charge in [0.15, 0.2) is 11.5 Å². The number of benzene rings is 1. The highest BCUT2D eigenvalue weighted by Crippen LogP contribution is 2.32. The maximum Gasteiger partial charge on any atom is 0.310 e. The van der Waals surface area contributed by atoms with Crippen molar-refractivity contribution >= 4 is 13.8 Å². The minimum atomic E-state index is -0.157. The first-order valence-electron chi connectivity index (χ1n) is 8.86. The summed E-state index contributed by atoms with van der Waals surface area (Å²) in [6, 6.07) is 6.10. The molecule has 0 aliphatic carbocycles. The summed E-state index contributed by atoms with van der Waals surface area (Å²) in [5.41, 5.74) is 2.29. The summed E-state index contributed by atoms with van der Waals surface area (Å²) in [5.74, 6) is 2.53. The highest BCUT2D eigenvalue weighted by Gasteiger charge is 2.16. The molecular weight excluding hydrogens is 317 g/mol. The van der Waals surface area contributed by atoms with E-state index in [0.717, 1.165) is 36.5 Å². The van der Waals surface area contributed by atoms with E-state index in [9.17, 15) is 4.79 Å². The van der Waals surface area contributed by atoms with Gasteiger partial charge in [-0.1, -0.05) is 13.0 Å². The highest BCUT2D eigenvalue weighted by molar-refractivity contribution is 6.11. The molecule has 5 nitrogen and oxygen atoms in total. The van der Waals surface area contributed by atoms with Crippen LogP contribution in [-0.2, 0) is 16.0 Å². The smallest absolute Gasteiger partial charge is 0.310 e. The summed E-state index contributed by atoms with van der Waals surface area (Å²) in [4.78, 5) is 13.9. The first kappa shape index (κ1) is 19.4. The van der Waals surface area contributed by atoms with Gasteiger partial charge in [-0.15, -0.1) is 0 Å². The van der Waals surface area contributed by atoms with Gasteiger partial charge in [0.1, 0.15) is 13.6 Å². The SMILES string of the molecule is BC(Cc1ccc2c(c1)OCO2)N(C)C/C(C)=C(\C)OC(=O)CCC. The predicted octanol–water partition coefficient (Wildman–Crippen LogP) is 2.49. The zero-order chi connectivity index (χ0) is 18.4. The Hall–Kier alpha value is -1.95. The number of nitrogens with zero attached hydrogens (tertiary/aromatic N) is 1. The number of esters is 1. The second-order valence-electron chi connectivity index (χ2n) is 6.72. The predicted molar refractivity (Wildman–Crippen MR) is 101 cm³/mol. The lowest BCUT2D eigenvalue weighted by Crippen LogP contribution is -2.35. The minimum absolute atomic E-state index is 0.157. The molecule has 136 valence electrons. The Kier molecular flexibility index (Phi) is 6.94. The van der Waals surface area contributed by atoms with Crippen molar-refractivity contribution in [2.24, 2.45) is 0 Å². The zero-order valence-corrected chi connectivity index (χ0v) is 15.9. The molecule has 2 rings (SSSR count). The fraction of sp³-hybridized carbons (Fsp3) is 0.526. The van der Waals surface area contributed by atoms with Crippen molar-refractivity contribution in [3.63, 3.8) is 0 Å². The molecule has 25 heavy (non-hydrogen) atoms. The third-order valence-electron chi connectivity index (χ3n) is 4.53. The largest absolute Gasteiger partial charge is 0.454 e. The second-order valence-corrected chi connectivity index (χ2v) is 6.72. The van der Waals surface area contributed by atoms with Crippen molar-refractivity contribution in [2.75, 3.05) is 20.4 Å². The van der Waals surface area contributed by atoms with Crippen molar-refractivity contribution in [3.8, 4) is 11.5 Å². The quantitative estimate of drug-likeness (QED) is 0.412. The molecule has 0 aromatic heterocycles. The van der Waals surface area contributed by atoms with Crippen LogP contribution in [0.3, 0.4) is 0 Å². The minimum Gasteiger partial charge on any atom is -0.454 e. The van der Waals surface area contributed by atoms with Crippen LogP contribution in [0.25, 0.3) is 0 Å². The van der Waals surface area contributed by atoms with Gasteiger partial charge in [0.05, 0.1) is 0 Å². The zero-order valence-electron chi connectivity index (χ0n) is 15.9. The van der Waals surface area contributed by atoms with Crippen LogP contribution < -0.4 is 9.47 Å². The molecule has 1 aliphatic heterocycles. The summed E-state index contributed by atoms with van der Waals surface area (Å²) < 4.78 is 16.2. The second kappa shape index (κ2) is 8.95. The van der Waals surface area contributed by atoms with Gasteiger partial charge in [0.25, 0.3) is 0 Å². The number of likely N-dealkylation sites (N-methyl/N-ethyl adjacent to an activating group) is 1. The van der Waals surface area contributed by atoms with Gasteiger partial charge < -0.3 is 19.1 Å². The average molecular weight is 345 g/mol. The molecule has 6 heteroatoms. The van der Waals surface area contributed by atoms with Gasteiger partial charge in [0.2, 0.25) is 6.79 Å². The van der Waals surface area contributed by atoms with Gasteiger partial charge in [-0.3, -0.25) is 4.79 Å². The lowest BCUT2D eigenvalue weighted by Gasteiger charge is -2.26. The normalized spacial score (nSPS) is 15.1. The molecule has 0 fully saturated rings. The average Bonchev–Trinajstić information content (AvgIpc) is 3.02. The third-order valence-corrected chi connectivity index (χ3v) is 4.53. The number of ether oxygens (including phenoxy) is 3. The van der Waals surface area contributed by atoms with Crippen LogP contribution in [0.4, 0.5) is 0 Å². The van der Waals surface area contributed by atoms with Gasteiger partial charge in [-0.25, -0.2) is 0 Å². The Balaban J connectivity index is 1.90. The molecule has 1 atom stereocenters. The van der Waals surface area contributed by atoms with Gasteiger partial charge in [0, 0.05) is 13.0 Å². The Bertz CT molecular complexity index is 644. The number of hydrogen-bond acceptors (Lipinski definition) is 5. The van der Waals surface area contributed by atoms with Crippen molar-refractivity contribution in [1.29, 1.82) is 0 Å². The number of allylic oxidation sites excluding steroid dienone is 1. The maximum absolute atomic E-state index is 11.6. The van der Waals surface area contributed by atoms with E-state index in [0.29, 0.717) is 24.9 Å². The lowest BCUT2D eigenvalue weighted by atomic mass is 9.88. The van der Waals surface area contributed by atoms with Crippen LogP contribution >= 0.6 is 0 Å². The van der Waals surface area contributed by atoms with E-state index in [-0.39, 0.29) is 5.97 Å². The molecule has 1 aromatic carbocycles. The topological polar surface area (TPSA) is 48.0 Å². The van der Waals surface area contributed by atoms with Crippen molar-refractivity contribution < 1.29 is 19.0 Å².